The van der Waals surface area contributed by atoms with Crippen LogP contribution in [0.25, 0.3) is 10.9 Å². The van der Waals surface area contributed by atoms with Crippen LogP contribution in [0.1, 0.15) is 10.5 Å². The van der Waals surface area contributed by atoms with Gasteiger partial charge in [0.25, 0.3) is 11.8 Å². The van der Waals surface area contributed by atoms with Crippen LogP contribution in [0.3, 0.4) is 0 Å². The highest BCUT2D eigenvalue weighted by Gasteiger charge is 2.22. The van der Waals surface area contributed by atoms with Gasteiger partial charge in [-0.15, -0.1) is 0 Å². The highest BCUT2D eigenvalue weighted by molar-refractivity contribution is 14.1. The molecule has 0 bridgehead atoms. The smallest absolute Gasteiger partial charge is 0.273 e. The monoisotopic (exact) mass is 380 g/mol. The van der Waals surface area contributed by atoms with E-state index >= 15 is 0 Å². The molecule has 7 heteroatoms. The number of nitrogens with one attached hydrogen (secondary N) is 2. The van der Waals surface area contributed by atoms with Crippen molar-refractivity contribution in [3.05, 3.63) is 39.6 Å². The third kappa shape index (κ3) is 2.36. The number of carbonyl (C=O) groups is 2. The number of aliphatic imine (C=N–C) groups is 1. The molecule has 2 aromatic rings. The first-order chi connectivity index (χ1) is 9.65. The molecule has 0 aliphatic carbocycles. The fraction of sp³-hybridized carbons (Fsp3) is 0.0769. The van der Waals surface area contributed by atoms with Crippen LogP contribution >= 0.6 is 22.6 Å². The Morgan fingerprint density at radius 2 is 2.25 bits per heavy atom. The molecule has 3 rings (SSSR count). The molecule has 1 aliphatic rings. The zero-order valence-electron chi connectivity index (χ0n) is 10.1. The van der Waals surface area contributed by atoms with E-state index in [0.29, 0.717) is 0 Å². The Morgan fingerprint density at radius 1 is 1.40 bits per heavy atom. The molecule has 0 saturated heterocycles. The van der Waals surface area contributed by atoms with Crippen molar-refractivity contribution >= 4 is 51.5 Å². The lowest BCUT2D eigenvalue weighted by Gasteiger charge is -2.12. The van der Waals surface area contributed by atoms with Gasteiger partial charge in [-0.1, -0.05) is 6.08 Å². The zero-order valence-corrected chi connectivity index (χ0v) is 12.3. The number of dihydropyridines is 1. The molecule has 1 aromatic heterocycles. The van der Waals surface area contributed by atoms with Gasteiger partial charge in [0.2, 0.25) is 0 Å². The molecular formula is C13H9IN4O2. The van der Waals surface area contributed by atoms with Crippen LogP contribution in [0.4, 0.5) is 0 Å². The van der Waals surface area contributed by atoms with Crippen LogP contribution in [0, 0.1) is 3.57 Å². The third-order valence-electron chi connectivity index (χ3n) is 2.88. The summed E-state index contributed by atoms with van der Waals surface area (Å²) in [4.78, 5) is 27.4. The average Bonchev–Trinajstić information content (AvgIpc) is 2.84. The molecule has 1 aliphatic heterocycles. The van der Waals surface area contributed by atoms with Gasteiger partial charge in [-0.05, 0) is 46.9 Å². The van der Waals surface area contributed by atoms with Crippen LogP contribution in [0.15, 0.2) is 35.3 Å². The molecule has 0 radical (unpaired) electrons. The predicted octanol–water partition coefficient (Wildman–Crippen LogP) is 1.43. The topological polar surface area (TPSA) is 87.2 Å². The molecule has 6 nitrogen and oxygen atoms in total. The van der Waals surface area contributed by atoms with Crippen molar-refractivity contribution in [2.24, 2.45) is 4.99 Å². The second-order valence-corrected chi connectivity index (χ2v) is 5.46. The standard InChI is InChI=1S/C13H9IN4O2/c14-7-3-4-9-8(6-7)11(18-17-9)13(20)16-10-2-1-5-15-12(10)19/h1-6,10H,(H,16,20)(H,17,18). The zero-order chi connectivity index (χ0) is 14.1. The van der Waals surface area contributed by atoms with Crippen LogP contribution in [-0.2, 0) is 4.79 Å². The summed E-state index contributed by atoms with van der Waals surface area (Å²) in [5, 5.41) is 10.1. The lowest BCUT2D eigenvalue weighted by molar-refractivity contribution is -0.118. The van der Waals surface area contributed by atoms with E-state index in [1.165, 1.54) is 6.21 Å². The number of H-pyrrole nitrogens is 1. The molecule has 2 heterocycles. The van der Waals surface area contributed by atoms with E-state index < -0.39 is 17.9 Å². The summed E-state index contributed by atoms with van der Waals surface area (Å²) < 4.78 is 1.00. The summed E-state index contributed by atoms with van der Waals surface area (Å²) in [6.07, 6.45) is 4.61. The molecule has 1 atom stereocenters. The van der Waals surface area contributed by atoms with Gasteiger partial charge >= 0.3 is 0 Å². The van der Waals surface area contributed by atoms with E-state index in [9.17, 15) is 9.59 Å². The minimum atomic E-state index is -0.734. The Balaban J connectivity index is 1.89. The molecule has 2 amide bonds. The van der Waals surface area contributed by atoms with Crippen molar-refractivity contribution in [1.29, 1.82) is 0 Å². The third-order valence-corrected chi connectivity index (χ3v) is 3.56. The van der Waals surface area contributed by atoms with Gasteiger partial charge < -0.3 is 5.32 Å². The molecule has 20 heavy (non-hydrogen) atoms. The van der Waals surface area contributed by atoms with Crippen molar-refractivity contribution in [1.82, 2.24) is 15.5 Å². The Morgan fingerprint density at radius 3 is 3.05 bits per heavy atom. The van der Waals surface area contributed by atoms with E-state index in [4.69, 9.17) is 0 Å². The Kier molecular flexibility index (Phi) is 3.35. The number of carbonyl (C=O) groups excluding carboxylic acids is 2. The van der Waals surface area contributed by atoms with Gasteiger partial charge in [0.1, 0.15) is 6.04 Å². The van der Waals surface area contributed by atoms with E-state index in [1.54, 1.807) is 12.2 Å². The largest absolute Gasteiger partial charge is 0.335 e. The first-order valence-electron chi connectivity index (χ1n) is 5.84. The van der Waals surface area contributed by atoms with E-state index in [-0.39, 0.29) is 5.69 Å². The van der Waals surface area contributed by atoms with Crippen LogP contribution in [0.5, 0.6) is 0 Å². The van der Waals surface area contributed by atoms with Crippen molar-refractivity contribution in [3.8, 4) is 0 Å². The summed E-state index contributed by atoms with van der Waals surface area (Å²) in [5.74, 6) is -0.798. The number of hydrogen-bond donors (Lipinski definition) is 2. The van der Waals surface area contributed by atoms with Gasteiger partial charge in [-0.25, -0.2) is 4.99 Å². The first-order valence-corrected chi connectivity index (χ1v) is 6.92. The van der Waals surface area contributed by atoms with E-state index in [1.807, 2.05) is 18.2 Å². The molecule has 100 valence electrons. The number of aromatic amines is 1. The van der Waals surface area contributed by atoms with Gasteiger partial charge in [0.05, 0.1) is 5.52 Å². The number of aromatic nitrogens is 2. The maximum atomic E-state index is 12.2. The van der Waals surface area contributed by atoms with Gasteiger partial charge in [-0.3, -0.25) is 14.7 Å². The highest BCUT2D eigenvalue weighted by Crippen LogP contribution is 2.19. The number of fused-ring (bicyclic) bond motifs is 1. The Bertz CT molecular complexity index is 763. The minimum Gasteiger partial charge on any atom is -0.335 e. The number of benzene rings is 1. The minimum absolute atomic E-state index is 0.272. The fourth-order valence-electron chi connectivity index (χ4n) is 1.92. The maximum Gasteiger partial charge on any atom is 0.273 e. The highest BCUT2D eigenvalue weighted by atomic mass is 127. The van der Waals surface area contributed by atoms with Gasteiger partial charge in [0.15, 0.2) is 5.69 Å². The Labute approximate surface area is 127 Å². The molecule has 0 saturated carbocycles. The first kappa shape index (κ1) is 13.0. The summed E-state index contributed by atoms with van der Waals surface area (Å²) >= 11 is 2.17. The van der Waals surface area contributed by atoms with Crippen molar-refractivity contribution < 1.29 is 9.59 Å². The van der Waals surface area contributed by atoms with E-state index in [0.717, 1.165) is 14.5 Å². The molecule has 0 fully saturated rings. The number of halogens is 1. The lowest BCUT2D eigenvalue weighted by atomic mass is 10.1. The molecule has 0 spiro atoms. The van der Waals surface area contributed by atoms with Crippen molar-refractivity contribution in [3.63, 3.8) is 0 Å². The number of hydrogen-bond acceptors (Lipinski definition) is 3. The predicted molar refractivity (Wildman–Crippen MR) is 82.7 cm³/mol. The summed E-state index contributed by atoms with van der Waals surface area (Å²) in [7, 11) is 0. The van der Waals surface area contributed by atoms with Crippen molar-refractivity contribution in [2.45, 2.75) is 6.04 Å². The summed E-state index contributed by atoms with van der Waals surface area (Å²) in [6, 6.07) is 4.91. The molecular weight excluding hydrogens is 371 g/mol. The maximum absolute atomic E-state index is 12.2. The van der Waals surface area contributed by atoms with Crippen LogP contribution in [-0.4, -0.2) is 34.3 Å². The number of nitrogens with zero attached hydrogens (tertiary/aromatic N) is 2. The molecule has 1 aromatic carbocycles. The van der Waals surface area contributed by atoms with Gasteiger partial charge in [-0.2, -0.15) is 5.10 Å². The quantitative estimate of drug-likeness (QED) is 0.773. The average molecular weight is 380 g/mol. The second-order valence-electron chi connectivity index (χ2n) is 4.21. The summed E-state index contributed by atoms with van der Waals surface area (Å²) in [6.45, 7) is 0. The number of rotatable bonds is 2. The summed E-state index contributed by atoms with van der Waals surface area (Å²) in [5.41, 5.74) is 1.05. The van der Waals surface area contributed by atoms with E-state index in [2.05, 4.69) is 43.1 Å². The lowest BCUT2D eigenvalue weighted by Crippen LogP contribution is -2.39. The van der Waals surface area contributed by atoms with Crippen molar-refractivity contribution in [2.75, 3.05) is 0 Å². The fourth-order valence-corrected chi connectivity index (χ4v) is 2.41. The number of allylic oxidation sites excluding steroid dienone is 1. The normalized spacial score (nSPS) is 17.6. The van der Waals surface area contributed by atoms with Crippen LogP contribution in [0.2, 0.25) is 0 Å². The SMILES string of the molecule is O=C(NC1C=CC=NC1=O)c1n[nH]c2ccc(I)cc12. The molecule has 2 N–H and O–H groups in total. The molecule has 1 unspecified atom stereocenters. The Hall–Kier alpha value is -2.03. The number of amides is 2. The van der Waals surface area contributed by atoms with Gasteiger partial charge in [0, 0.05) is 15.2 Å². The second kappa shape index (κ2) is 5.16. The van der Waals surface area contributed by atoms with Crippen LogP contribution < -0.4 is 5.32 Å².